The summed E-state index contributed by atoms with van der Waals surface area (Å²) in [4.78, 5) is 4.31. The van der Waals surface area contributed by atoms with Gasteiger partial charge >= 0.3 is 0 Å². The Bertz CT molecular complexity index is 305. The largest absolute Gasteiger partial charge is 0.307 e. The minimum absolute atomic E-state index is 0.825. The van der Waals surface area contributed by atoms with Gasteiger partial charge in [-0.05, 0) is 25.0 Å². The second-order valence-corrected chi connectivity index (χ2v) is 3.47. The standard InChI is InChI=1S/C12H18N2/c1-4-10(2)8-13-9-12-11(3)6-5-7-14-12/h5-7,13H,2,4,8-9H2,1,3H3. The Kier molecular flexibility index (Phi) is 4.33. The quantitative estimate of drug-likeness (QED) is 0.721. The van der Waals surface area contributed by atoms with E-state index in [0.29, 0.717) is 0 Å². The molecule has 1 aromatic rings. The van der Waals surface area contributed by atoms with Crippen LogP contribution in [-0.4, -0.2) is 11.5 Å². The van der Waals surface area contributed by atoms with E-state index < -0.39 is 0 Å². The minimum atomic E-state index is 0.825. The smallest absolute Gasteiger partial charge is 0.0570 e. The van der Waals surface area contributed by atoms with Crippen LogP contribution in [0.15, 0.2) is 30.5 Å². The third-order valence-corrected chi connectivity index (χ3v) is 2.29. The van der Waals surface area contributed by atoms with Crippen molar-refractivity contribution in [2.75, 3.05) is 6.54 Å². The molecule has 1 rings (SSSR count). The third-order valence-electron chi connectivity index (χ3n) is 2.29. The molecule has 14 heavy (non-hydrogen) atoms. The Morgan fingerprint density at radius 3 is 3.00 bits per heavy atom. The highest BCUT2D eigenvalue weighted by Gasteiger charge is 1.97. The van der Waals surface area contributed by atoms with Crippen molar-refractivity contribution in [2.45, 2.75) is 26.8 Å². The van der Waals surface area contributed by atoms with Crippen molar-refractivity contribution < 1.29 is 0 Å². The summed E-state index contributed by atoms with van der Waals surface area (Å²) >= 11 is 0. The summed E-state index contributed by atoms with van der Waals surface area (Å²) in [6.07, 6.45) is 2.87. The lowest BCUT2D eigenvalue weighted by Gasteiger charge is -2.07. The van der Waals surface area contributed by atoms with E-state index in [1.54, 1.807) is 0 Å². The lowest BCUT2D eigenvalue weighted by molar-refractivity contribution is 0.708. The van der Waals surface area contributed by atoms with Gasteiger partial charge in [-0.25, -0.2) is 0 Å². The zero-order valence-electron chi connectivity index (χ0n) is 9.01. The first-order valence-corrected chi connectivity index (χ1v) is 5.02. The van der Waals surface area contributed by atoms with Gasteiger partial charge in [0.25, 0.3) is 0 Å². The normalized spacial score (nSPS) is 10.1. The van der Waals surface area contributed by atoms with Crippen molar-refractivity contribution in [2.24, 2.45) is 0 Å². The fourth-order valence-corrected chi connectivity index (χ4v) is 1.19. The van der Waals surface area contributed by atoms with Gasteiger partial charge in [0.1, 0.15) is 0 Å². The Morgan fingerprint density at radius 2 is 2.36 bits per heavy atom. The molecule has 1 aromatic heterocycles. The van der Waals surface area contributed by atoms with E-state index in [9.17, 15) is 0 Å². The van der Waals surface area contributed by atoms with E-state index in [1.807, 2.05) is 12.3 Å². The second kappa shape index (κ2) is 5.55. The monoisotopic (exact) mass is 190 g/mol. The van der Waals surface area contributed by atoms with Gasteiger partial charge in [-0.15, -0.1) is 0 Å². The van der Waals surface area contributed by atoms with Crippen LogP contribution in [0.1, 0.15) is 24.6 Å². The maximum Gasteiger partial charge on any atom is 0.0570 e. The Morgan fingerprint density at radius 1 is 1.57 bits per heavy atom. The molecule has 2 nitrogen and oxygen atoms in total. The molecule has 0 aromatic carbocycles. The van der Waals surface area contributed by atoms with Crippen LogP contribution in [0, 0.1) is 6.92 Å². The number of nitrogens with one attached hydrogen (secondary N) is 1. The van der Waals surface area contributed by atoms with Gasteiger partial charge in [-0.2, -0.15) is 0 Å². The zero-order chi connectivity index (χ0) is 10.4. The summed E-state index contributed by atoms with van der Waals surface area (Å²) in [6.45, 7) is 9.85. The van der Waals surface area contributed by atoms with Crippen LogP contribution >= 0.6 is 0 Å². The van der Waals surface area contributed by atoms with Gasteiger partial charge < -0.3 is 5.32 Å². The molecule has 0 aliphatic carbocycles. The molecule has 2 heteroatoms. The van der Waals surface area contributed by atoms with Gasteiger partial charge in [0, 0.05) is 19.3 Å². The number of pyridine rings is 1. The van der Waals surface area contributed by atoms with Crippen molar-refractivity contribution in [1.29, 1.82) is 0 Å². The number of aromatic nitrogens is 1. The van der Waals surface area contributed by atoms with Crippen LogP contribution in [-0.2, 0) is 6.54 Å². The summed E-state index contributed by atoms with van der Waals surface area (Å²) in [5.74, 6) is 0. The highest BCUT2D eigenvalue weighted by molar-refractivity contribution is 5.17. The van der Waals surface area contributed by atoms with E-state index in [0.717, 1.165) is 25.2 Å². The number of hydrogen-bond donors (Lipinski definition) is 1. The number of nitrogens with zero attached hydrogens (tertiary/aromatic N) is 1. The molecule has 0 saturated heterocycles. The fourth-order valence-electron chi connectivity index (χ4n) is 1.19. The molecule has 0 aliphatic heterocycles. The topological polar surface area (TPSA) is 24.9 Å². The molecule has 0 radical (unpaired) electrons. The molecule has 0 amide bonds. The maximum absolute atomic E-state index is 4.31. The van der Waals surface area contributed by atoms with Crippen molar-refractivity contribution in [3.63, 3.8) is 0 Å². The molecular weight excluding hydrogens is 172 g/mol. The number of rotatable bonds is 5. The molecular formula is C12H18N2. The van der Waals surface area contributed by atoms with Gasteiger partial charge in [-0.1, -0.05) is 25.1 Å². The van der Waals surface area contributed by atoms with Crippen LogP contribution in [0.25, 0.3) is 0 Å². The van der Waals surface area contributed by atoms with E-state index >= 15 is 0 Å². The predicted molar refractivity (Wildman–Crippen MR) is 60.1 cm³/mol. The predicted octanol–water partition coefficient (Wildman–Crippen LogP) is 2.45. The molecule has 0 spiro atoms. The van der Waals surface area contributed by atoms with Crippen LogP contribution in [0.5, 0.6) is 0 Å². The van der Waals surface area contributed by atoms with Crippen LogP contribution in [0.4, 0.5) is 0 Å². The van der Waals surface area contributed by atoms with Gasteiger partial charge in [0.15, 0.2) is 0 Å². The average Bonchev–Trinajstić information content (AvgIpc) is 2.20. The van der Waals surface area contributed by atoms with Crippen LogP contribution < -0.4 is 5.32 Å². The maximum atomic E-state index is 4.31. The summed E-state index contributed by atoms with van der Waals surface area (Å²) < 4.78 is 0. The first-order chi connectivity index (χ1) is 6.74. The summed E-state index contributed by atoms with van der Waals surface area (Å²) in [5.41, 5.74) is 3.59. The molecule has 0 fully saturated rings. The average molecular weight is 190 g/mol. The van der Waals surface area contributed by atoms with Crippen molar-refractivity contribution in [3.8, 4) is 0 Å². The summed E-state index contributed by atoms with van der Waals surface area (Å²) in [7, 11) is 0. The fraction of sp³-hybridized carbons (Fsp3) is 0.417. The SMILES string of the molecule is C=C(CC)CNCc1ncccc1C. The van der Waals surface area contributed by atoms with Gasteiger partial charge in [-0.3, -0.25) is 4.98 Å². The first-order valence-electron chi connectivity index (χ1n) is 5.02. The molecule has 1 N–H and O–H groups in total. The van der Waals surface area contributed by atoms with E-state index in [-0.39, 0.29) is 0 Å². The van der Waals surface area contributed by atoms with Gasteiger partial charge in [0.05, 0.1) is 5.69 Å². The number of hydrogen-bond acceptors (Lipinski definition) is 2. The highest BCUT2D eigenvalue weighted by atomic mass is 14.9. The summed E-state index contributed by atoms with van der Waals surface area (Å²) in [6, 6.07) is 4.04. The lowest BCUT2D eigenvalue weighted by Crippen LogP contribution is -2.17. The van der Waals surface area contributed by atoms with E-state index in [1.165, 1.54) is 11.1 Å². The third kappa shape index (κ3) is 3.30. The van der Waals surface area contributed by atoms with Crippen molar-refractivity contribution in [1.82, 2.24) is 10.3 Å². The summed E-state index contributed by atoms with van der Waals surface area (Å²) in [5, 5.41) is 3.33. The van der Waals surface area contributed by atoms with E-state index in [4.69, 9.17) is 0 Å². The molecule has 0 atom stereocenters. The lowest BCUT2D eigenvalue weighted by atomic mass is 10.2. The number of aryl methyl sites for hydroxylation is 1. The Labute approximate surface area is 86.1 Å². The first kappa shape index (κ1) is 10.9. The minimum Gasteiger partial charge on any atom is -0.307 e. The van der Waals surface area contributed by atoms with Crippen LogP contribution in [0.3, 0.4) is 0 Å². The van der Waals surface area contributed by atoms with Crippen molar-refractivity contribution >= 4 is 0 Å². The van der Waals surface area contributed by atoms with E-state index in [2.05, 4.69) is 36.8 Å². The molecule has 0 aliphatic rings. The molecule has 76 valence electrons. The molecule has 0 unspecified atom stereocenters. The zero-order valence-corrected chi connectivity index (χ0v) is 9.01. The Balaban J connectivity index is 2.39. The van der Waals surface area contributed by atoms with Crippen molar-refractivity contribution in [3.05, 3.63) is 41.7 Å². The van der Waals surface area contributed by atoms with Gasteiger partial charge in [0.2, 0.25) is 0 Å². The second-order valence-electron chi connectivity index (χ2n) is 3.47. The molecule has 0 saturated carbocycles. The highest BCUT2D eigenvalue weighted by Crippen LogP contribution is 2.02. The molecule has 1 heterocycles. The Hall–Kier alpha value is -1.15. The molecule has 0 bridgehead atoms. The van der Waals surface area contributed by atoms with Crippen LogP contribution in [0.2, 0.25) is 0 Å².